The summed E-state index contributed by atoms with van der Waals surface area (Å²) in [6.07, 6.45) is 1.08. The van der Waals surface area contributed by atoms with Crippen molar-refractivity contribution in [1.82, 2.24) is 0 Å². The average molecular weight is 306 g/mol. The van der Waals surface area contributed by atoms with Gasteiger partial charge in [-0.3, -0.25) is 4.55 Å². The van der Waals surface area contributed by atoms with E-state index in [0.29, 0.717) is 18.6 Å². The third kappa shape index (κ3) is 4.73. The number of hydrogen-bond donors (Lipinski definition) is 1. The van der Waals surface area contributed by atoms with Crippen LogP contribution in [0.2, 0.25) is 0 Å². The van der Waals surface area contributed by atoms with Crippen LogP contribution in [0.4, 0.5) is 0 Å². The second-order valence-corrected chi connectivity index (χ2v) is 7.23. The molecule has 2 atom stereocenters. The summed E-state index contributed by atoms with van der Waals surface area (Å²) in [6.45, 7) is 5.59. The molecule has 2 unspecified atom stereocenters. The molecule has 0 heterocycles. The molecule has 19 heavy (non-hydrogen) atoms. The Balaban J connectivity index is 3.00. The Bertz CT molecular complexity index is 470. The molecule has 0 aromatic heterocycles. The van der Waals surface area contributed by atoms with Crippen LogP contribution in [-0.4, -0.2) is 14.4 Å². The molecule has 1 rings (SSSR count). The fourth-order valence-corrected chi connectivity index (χ4v) is 4.50. The molecule has 0 bridgehead atoms. The smallest absolute Gasteiger partial charge is 0.396 e. The van der Waals surface area contributed by atoms with Crippen molar-refractivity contribution >= 4 is 19.0 Å². The molecule has 0 amide bonds. The highest BCUT2D eigenvalue weighted by atomic mass is 32.2. The molecule has 108 valence electrons. The summed E-state index contributed by atoms with van der Waals surface area (Å²) in [5.74, 6) is 0.367. The van der Waals surface area contributed by atoms with Gasteiger partial charge in [-0.1, -0.05) is 31.5 Å². The van der Waals surface area contributed by atoms with Crippen LogP contribution in [0.5, 0.6) is 5.75 Å². The SMILES string of the molecule is CCC(CC)P(=O)(Oc1ccc(C)cc1)OS(=O)O. The second-order valence-electron chi connectivity index (χ2n) is 4.21. The van der Waals surface area contributed by atoms with Crippen molar-refractivity contribution in [3.8, 4) is 5.75 Å². The van der Waals surface area contributed by atoms with E-state index in [1.54, 1.807) is 12.1 Å². The highest BCUT2D eigenvalue weighted by Crippen LogP contribution is 2.55. The summed E-state index contributed by atoms with van der Waals surface area (Å²) >= 11 is -2.62. The summed E-state index contributed by atoms with van der Waals surface area (Å²) in [6, 6.07) is 6.94. The molecule has 0 saturated heterocycles. The maximum absolute atomic E-state index is 12.6. The lowest BCUT2D eigenvalue weighted by atomic mass is 10.2. The summed E-state index contributed by atoms with van der Waals surface area (Å²) in [5.41, 5.74) is 0.626. The normalized spacial score (nSPS) is 16.1. The molecule has 1 aromatic carbocycles. The van der Waals surface area contributed by atoms with Gasteiger partial charge in [0.1, 0.15) is 5.75 Å². The predicted octanol–water partition coefficient (Wildman–Crippen LogP) is 3.91. The van der Waals surface area contributed by atoms with Crippen LogP contribution in [0.1, 0.15) is 32.3 Å². The van der Waals surface area contributed by atoms with Crippen LogP contribution in [0.3, 0.4) is 0 Å². The minimum Gasteiger partial charge on any atom is -0.424 e. The molecule has 0 spiro atoms. The minimum absolute atomic E-state index is 0.367. The third-order valence-electron chi connectivity index (χ3n) is 2.81. The summed E-state index contributed by atoms with van der Waals surface area (Å²) in [7, 11) is -3.67. The van der Waals surface area contributed by atoms with Gasteiger partial charge in [-0.2, -0.15) is 8.18 Å². The van der Waals surface area contributed by atoms with Gasteiger partial charge in [0.15, 0.2) is 0 Å². The maximum Gasteiger partial charge on any atom is 0.396 e. The third-order valence-corrected chi connectivity index (χ3v) is 6.24. The highest BCUT2D eigenvalue weighted by molar-refractivity contribution is 7.81. The second kappa shape index (κ2) is 7.20. The predicted molar refractivity (Wildman–Crippen MR) is 75.6 cm³/mol. The molecule has 0 fully saturated rings. The van der Waals surface area contributed by atoms with Crippen LogP contribution < -0.4 is 4.52 Å². The quantitative estimate of drug-likeness (QED) is 0.611. The molecule has 1 N–H and O–H groups in total. The van der Waals surface area contributed by atoms with Gasteiger partial charge in [-0.15, -0.1) is 0 Å². The zero-order valence-corrected chi connectivity index (χ0v) is 12.9. The number of rotatable bonds is 7. The topological polar surface area (TPSA) is 72.8 Å². The van der Waals surface area contributed by atoms with Crippen molar-refractivity contribution in [1.29, 1.82) is 0 Å². The van der Waals surface area contributed by atoms with E-state index in [1.165, 1.54) is 0 Å². The Morgan fingerprint density at radius 1 is 1.26 bits per heavy atom. The van der Waals surface area contributed by atoms with E-state index >= 15 is 0 Å². The Kier molecular flexibility index (Phi) is 6.20. The minimum atomic E-state index is -3.67. The van der Waals surface area contributed by atoms with Crippen molar-refractivity contribution in [2.24, 2.45) is 0 Å². The maximum atomic E-state index is 12.6. The average Bonchev–Trinajstić information content (AvgIpc) is 2.32. The van der Waals surface area contributed by atoms with Crippen LogP contribution >= 0.6 is 7.60 Å². The van der Waals surface area contributed by atoms with Crippen LogP contribution in [0.25, 0.3) is 0 Å². The standard InChI is InChI=1S/C12H19O5PS/c1-4-12(5-2)18(13,17-19(14)15)16-11-8-6-10(3)7-9-11/h6-9,12H,4-5H2,1-3H3,(H,14,15). The van der Waals surface area contributed by atoms with Crippen LogP contribution in [0.15, 0.2) is 24.3 Å². The Labute approximate surface area is 116 Å². The number of benzene rings is 1. The molecule has 0 saturated carbocycles. The lowest BCUT2D eigenvalue weighted by Gasteiger charge is -2.23. The van der Waals surface area contributed by atoms with Gasteiger partial charge in [0.2, 0.25) is 0 Å². The molecule has 1 aromatic rings. The van der Waals surface area contributed by atoms with Gasteiger partial charge in [0.05, 0.1) is 5.66 Å². The van der Waals surface area contributed by atoms with Gasteiger partial charge < -0.3 is 4.52 Å². The summed E-state index contributed by atoms with van der Waals surface area (Å²) in [4.78, 5) is 0. The first-order valence-corrected chi connectivity index (χ1v) is 8.72. The van der Waals surface area contributed by atoms with Gasteiger partial charge in [0, 0.05) is 0 Å². The molecule has 0 radical (unpaired) electrons. The van der Waals surface area contributed by atoms with E-state index < -0.39 is 24.6 Å². The zero-order valence-electron chi connectivity index (χ0n) is 11.2. The Morgan fingerprint density at radius 2 is 1.79 bits per heavy atom. The van der Waals surface area contributed by atoms with E-state index in [9.17, 15) is 8.77 Å². The van der Waals surface area contributed by atoms with Gasteiger partial charge >= 0.3 is 19.0 Å². The lowest BCUT2D eigenvalue weighted by Crippen LogP contribution is -2.14. The van der Waals surface area contributed by atoms with E-state index in [-0.39, 0.29) is 0 Å². The fraction of sp³-hybridized carbons (Fsp3) is 0.500. The van der Waals surface area contributed by atoms with E-state index in [2.05, 4.69) is 3.97 Å². The monoisotopic (exact) mass is 306 g/mol. The van der Waals surface area contributed by atoms with Gasteiger partial charge in [0.25, 0.3) is 0 Å². The molecule has 5 nitrogen and oxygen atoms in total. The van der Waals surface area contributed by atoms with Crippen LogP contribution in [-0.2, 0) is 19.9 Å². The zero-order chi connectivity index (χ0) is 14.5. The van der Waals surface area contributed by atoms with Crippen molar-refractivity contribution in [3.05, 3.63) is 29.8 Å². The molecular weight excluding hydrogens is 287 g/mol. The van der Waals surface area contributed by atoms with E-state index in [1.807, 2.05) is 32.9 Å². The van der Waals surface area contributed by atoms with Crippen molar-refractivity contribution in [3.63, 3.8) is 0 Å². The van der Waals surface area contributed by atoms with Crippen LogP contribution in [0, 0.1) is 6.92 Å². The molecule has 0 aliphatic heterocycles. The number of hydrogen-bond acceptors (Lipinski definition) is 4. The van der Waals surface area contributed by atoms with E-state index in [4.69, 9.17) is 9.08 Å². The van der Waals surface area contributed by atoms with Gasteiger partial charge in [-0.25, -0.2) is 4.57 Å². The van der Waals surface area contributed by atoms with Gasteiger partial charge in [-0.05, 0) is 31.9 Å². The molecule has 7 heteroatoms. The Morgan fingerprint density at radius 3 is 2.21 bits per heavy atom. The largest absolute Gasteiger partial charge is 0.424 e. The first-order valence-electron chi connectivity index (χ1n) is 6.08. The fourth-order valence-electron chi connectivity index (χ4n) is 1.72. The first-order chi connectivity index (χ1) is 8.91. The number of aryl methyl sites for hydroxylation is 1. The van der Waals surface area contributed by atoms with Crippen molar-refractivity contribution in [2.45, 2.75) is 39.3 Å². The summed E-state index contributed by atoms with van der Waals surface area (Å²) < 4.78 is 42.4. The van der Waals surface area contributed by atoms with E-state index in [0.717, 1.165) is 5.56 Å². The molecular formula is C12H19O5PS. The molecule has 0 aliphatic carbocycles. The Hall–Kier alpha value is -0.680. The lowest BCUT2D eigenvalue weighted by molar-refractivity contribution is 0.359. The molecule has 0 aliphatic rings. The summed E-state index contributed by atoms with van der Waals surface area (Å²) in [5, 5.41) is 0. The first kappa shape index (κ1) is 16.4. The van der Waals surface area contributed by atoms with Crippen molar-refractivity contribution < 1.29 is 21.8 Å². The highest BCUT2D eigenvalue weighted by Gasteiger charge is 2.37. The van der Waals surface area contributed by atoms with Crippen molar-refractivity contribution in [2.75, 3.05) is 0 Å².